The van der Waals surface area contributed by atoms with Crippen LogP contribution < -0.4 is 0 Å². The number of fused-ring (bicyclic) bond motifs is 6. The summed E-state index contributed by atoms with van der Waals surface area (Å²) < 4.78 is 8.73. The standard InChI is InChI=1S/C51H32N2O/c1-3-15-33(16-4-1)35-29-30-40-43(32-35)49(42-24-14-28-47-50(42)41-23-9-12-27-46(41)54-47)39-22-8-7-21-38(39)48(40)36-19-13-20-37(31-36)53-45-26-11-10-25-44(45)52-51(53)34-17-5-2-6-18-34/h1-32H. The molecule has 11 aromatic rings. The Labute approximate surface area is 312 Å². The van der Waals surface area contributed by atoms with Crippen molar-refractivity contribution in [2.24, 2.45) is 0 Å². The Hall–Kier alpha value is -7.23. The van der Waals surface area contributed by atoms with Gasteiger partial charge in [-0.2, -0.15) is 0 Å². The summed E-state index contributed by atoms with van der Waals surface area (Å²) in [5.74, 6) is 0.923. The van der Waals surface area contributed by atoms with E-state index in [2.05, 4.69) is 193 Å². The minimum Gasteiger partial charge on any atom is -0.456 e. The Kier molecular flexibility index (Phi) is 6.86. The van der Waals surface area contributed by atoms with Gasteiger partial charge in [-0.05, 0) is 97.4 Å². The summed E-state index contributed by atoms with van der Waals surface area (Å²) in [6, 6.07) is 69.2. The third kappa shape index (κ3) is 4.72. The number of para-hydroxylation sites is 3. The molecule has 0 amide bonds. The summed E-state index contributed by atoms with van der Waals surface area (Å²) in [4.78, 5) is 5.14. The van der Waals surface area contributed by atoms with Crippen LogP contribution in [0.5, 0.6) is 0 Å². The molecule has 11 rings (SSSR count). The van der Waals surface area contributed by atoms with Gasteiger partial charge in [-0.15, -0.1) is 0 Å². The second-order valence-corrected chi connectivity index (χ2v) is 13.9. The topological polar surface area (TPSA) is 31.0 Å². The van der Waals surface area contributed by atoms with Crippen LogP contribution in [0.4, 0.5) is 0 Å². The van der Waals surface area contributed by atoms with Crippen molar-refractivity contribution in [2.45, 2.75) is 0 Å². The van der Waals surface area contributed by atoms with Gasteiger partial charge < -0.3 is 4.42 Å². The van der Waals surface area contributed by atoms with Gasteiger partial charge in [-0.1, -0.05) is 152 Å². The van der Waals surface area contributed by atoms with E-state index in [1.807, 2.05) is 6.07 Å². The molecule has 0 saturated heterocycles. The normalized spacial score (nSPS) is 11.7. The lowest BCUT2D eigenvalue weighted by Gasteiger charge is -2.20. The molecule has 0 bridgehead atoms. The summed E-state index contributed by atoms with van der Waals surface area (Å²) >= 11 is 0. The molecule has 252 valence electrons. The SMILES string of the molecule is c1ccc(-c2ccc3c(-c4cccc(-n5c(-c6ccccc6)nc6ccccc65)c4)c4ccccc4c(-c4cccc5oc6ccccc6c45)c3c2)cc1. The van der Waals surface area contributed by atoms with E-state index in [0.717, 1.165) is 55.6 Å². The van der Waals surface area contributed by atoms with Gasteiger partial charge in [0, 0.05) is 22.0 Å². The number of rotatable bonds is 5. The first kappa shape index (κ1) is 30.4. The predicted molar refractivity (Wildman–Crippen MR) is 225 cm³/mol. The Morgan fingerprint density at radius 2 is 1.02 bits per heavy atom. The average molecular weight is 689 g/mol. The lowest BCUT2D eigenvalue weighted by molar-refractivity contribution is 0.669. The molecule has 0 aliphatic carbocycles. The lowest BCUT2D eigenvalue weighted by atomic mass is 9.84. The van der Waals surface area contributed by atoms with Crippen LogP contribution in [0, 0.1) is 0 Å². The minimum atomic E-state index is 0.892. The molecule has 2 heterocycles. The Balaban J connectivity index is 1.23. The molecular weight excluding hydrogens is 657 g/mol. The fourth-order valence-corrected chi connectivity index (χ4v) is 8.44. The number of benzene rings is 9. The fourth-order valence-electron chi connectivity index (χ4n) is 8.44. The monoisotopic (exact) mass is 688 g/mol. The molecule has 0 atom stereocenters. The molecule has 0 saturated carbocycles. The summed E-state index contributed by atoms with van der Waals surface area (Å²) in [6.07, 6.45) is 0. The van der Waals surface area contributed by atoms with Gasteiger partial charge in [0.25, 0.3) is 0 Å². The first-order valence-corrected chi connectivity index (χ1v) is 18.4. The van der Waals surface area contributed by atoms with Crippen LogP contribution in [-0.4, -0.2) is 9.55 Å². The van der Waals surface area contributed by atoms with Crippen LogP contribution >= 0.6 is 0 Å². The molecule has 0 spiro atoms. The largest absolute Gasteiger partial charge is 0.456 e. The van der Waals surface area contributed by atoms with Gasteiger partial charge >= 0.3 is 0 Å². The van der Waals surface area contributed by atoms with Crippen molar-refractivity contribution in [1.29, 1.82) is 0 Å². The maximum atomic E-state index is 6.44. The Morgan fingerprint density at radius 3 is 1.85 bits per heavy atom. The van der Waals surface area contributed by atoms with E-state index in [-0.39, 0.29) is 0 Å². The predicted octanol–water partition coefficient (Wildman–Crippen LogP) is 13.9. The van der Waals surface area contributed by atoms with Crippen molar-refractivity contribution >= 4 is 54.5 Å². The number of aromatic nitrogens is 2. The van der Waals surface area contributed by atoms with Crippen LogP contribution in [0.1, 0.15) is 0 Å². The molecule has 0 N–H and O–H groups in total. The number of hydrogen-bond acceptors (Lipinski definition) is 2. The smallest absolute Gasteiger partial charge is 0.145 e. The van der Waals surface area contributed by atoms with Crippen molar-refractivity contribution in [3.8, 4) is 50.5 Å². The zero-order chi connectivity index (χ0) is 35.6. The van der Waals surface area contributed by atoms with Crippen molar-refractivity contribution in [1.82, 2.24) is 9.55 Å². The molecule has 0 aliphatic heterocycles. The lowest BCUT2D eigenvalue weighted by Crippen LogP contribution is -1.98. The summed E-state index contributed by atoms with van der Waals surface area (Å²) in [7, 11) is 0. The third-order valence-corrected chi connectivity index (χ3v) is 10.8. The highest BCUT2D eigenvalue weighted by molar-refractivity contribution is 6.26. The second kappa shape index (κ2) is 12.2. The Bertz CT molecular complexity index is 3210. The maximum Gasteiger partial charge on any atom is 0.145 e. The Morgan fingerprint density at radius 1 is 0.389 bits per heavy atom. The zero-order valence-electron chi connectivity index (χ0n) is 29.3. The first-order valence-electron chi connectivity index (χ1n) is 18.4. The van der Waals surface area contributed by atoms with E-state index >= 15 is 0 Å². The molecule has 2 aromatic heterocycles. The van der Waals surface area contributed by atoms with Crippen molar-refractivity contribution < 1.29 is 4.42 Å². The van der Waals surface area contributed by atoms with Crippen molar-refractivity contribution in [3.63, 3.8) is 0 Å². The molecule has 3 nitrogen and oxygen atoms in total. The van der Waals surface area contributed by atoms with Crippen LogP contribution in [0.3, 0.4) is 0 Å². The molecule has 0 aliphatic rings. The quantitative estimate of drug-likeness (QED) is 0.169. The van der Waals surface area contributed by atoms with Crippen LogP contribution in [-0.2, 0) is 0 Å². The molecule has 0 fully saturated rings. The third-order valence-electron chi connectivity index (χ3n) is 10.8. The summed E-state index contributed by atoms with van der Waals surface area (Å²) in [5, 5.41) is 7.06. The van der Waals surface area contributed by atoms with Crippen LogP contribution in [0.25, 0.3) is 105 Å². The van der Waals surface area contributed by atoms with E-state index in [0.29, 0.717) is 0 Å². The van der Waals surface area contributed by atoms with E-state index in [1.54, 1.807) is 0 Å². The second-order valence-electron chi connectivity index (χ2n) is 13.9. The van der Waals surface area contributed by atoms with E-state index in [1.165, 1.54) is 49.4 Å². The molecule has 3 heteroatoms. The van der Waals surface area contributed by atoms with Crippen LogP contribution in [0.15, 0.2) is 199 Å². The molecule has 0 radical (unpaired) electrons. The van der Waals surface area contributed by atoms with Crippen LogP contribution in [0.2, 0.25) is 0 Å². The van der Waals surface area contributed by atoms with Gasteiger partial charge in [0.05, 0.1) is 11.0 Å². The van der Waals surface area contributed by atoms with Gasteiger partial charge in [0.15, 0.2) is 0 Å². The summed E-state index contributed by atoms with van der Waals surface area (Å²) in [6.45, 7) is 0. The van der Waals surface area contributed by atoms with Crippen molar-refractivity contribution in [2.75, 3.05) is 0 Å². The molecule has 9 aromatic carbocycles. The first-order chi connectivity index (χ1) is 26.8. The number of hydrogen-bond donors (Lipinski definition) is 0. The maximum absolute atomic E-state index is 6.44. The van der Waals surface area contributed by atoms with E-state index in [4.69, 9.17) is 9.40 Å². The molecule has 54 heavy (non-hydrogen) atoms. The van der Waals surface area contributed by atoms with Crippen molar-refractivity contribution in [3.05, 3.63) is 194 Å². The molecule has 0 unspecified atom stereocenters. The zero-order valence-corrected chi connectivity index (χ0v) is 29.3. The highest BCUT2D eigenvalue weighted by Crippen LogP contribution is 2.48. The van der Waals surface area contributed by atoms with Gasteiger partial charge in [0.1, 0.15) is 17.0 Å². The number of nitrogens with zero attached hydrogens (tertiary/aromatic N) is 2. The summed E-state index contributed by atoms with van der Waals surface area (Å²) in [5.41, 5.74) is 13.1. The molecular formula is C51H32N2O. The average Bonchev–Trinajstić information content (AvgIpc) is 3.83. The highest BCUT2D eigenvalue weighted by atomic mass is 16.3. The van der Waals surface area contributed by atoms with Gasteiger partial charge in [0.2, 0.25) is 0 Å². The van der Waals surface area contributed by atoms with Gasteiger partial charge in [-0.25, -0.2) is 4.98 Å². The van der Waals surface area contributed by atoms with Gasteiger partial charge in [-0.3, -0.25) is 4.57 Å². The van der Waals surface area contributed by atoms with E-state index < -0.39 is 0 Å². The highest BCUT2D eigenvalue weighted by Gasteiger charge is 2.22. The van der Waals surface area contributed by atoms with E-state index in [9.17, 15) is 0 Å². The number of imidazole rings is 1. The number of furan rings is 1. The fraction of sp³-hybridized carbons (Fsp3) is 0. The minimum absolute atomic E-state index is 0.892.